The number of nitrogen functional groups attached to an aromatic ring is 1. The first-order valence-corrected chi connectivity index (χ1v) is 5.15. The maximum Gasteiger partial charge on any atom is 0.0491 e. The lowest BCUT2D eigenvalue weighted by Gasteiger charge is -2.06. The summed E-state index contributed by atoms with van der Waals surface area (Å²) in [6, 6.07) is 13.7. The fourth-order valence-electron chi connectivity index (χ4n) is 1.38. The third kappa shape index (κ3) is 2.25. The van der Waals surface area contributed by atoms with Gasteiger partial charge in [0.2, 0.25) is 0 Å². The largest absolute Gasteiger partial charge is 0.398 e. The van der Waals surface area contributed by atoms with E-state index in [1.54, 1.807) is 18.2 Å². The van der Waals surface area contributed by atoms with Gasteiger partial charge in [-0.3, -0.25) is 0 Å². The van der Waals surface area contributed by atoms with E-state index in [0.29, 0.717) is 15.7 Å². The summed E-state index contributed by atoms with van der Waals surface area (Å²) in [5.41, 5.74) is 8.37. The average molecular weight is 237 g/mol. The molecule has 0 aliphatic rings. The summed E-state index contributed by atoms with van der Waals surface area (Å²) in [5, 5.41) is 1.22. The van der Waals surface area contributed by atoms with Crippen molar-refractivity contribution >= 4 is 28.9 Å². The Morgan fingerprint density at radius 1 is 1.07 bits per heavy atom. The van der Waals surface area contributed by atoms with Crippen LogP contribution >= 0.6 is 23.2 Å². The minimum Gasteiger partial charge on any atom is -0.398 e. The van der Waals surface area contributed by atoms with Crippen LogP contribution in [0.15, 0.2) is 36.4 Å². The zero-order valence-electron chi connectivity index (χ0n) is 7.80. The van der Waals surface area contributed by atoms with Crippen molar-refractivity contribution in [3.63, 3.8) is 0 Å². The van der Waals surface area contributed by atoms with Crippen molar-refractivity contribution < 1.29 is 0 Å². The fourth-order valence-corrected chi connectivity index (χ4v) is 1.74. The summed E-state index contributed by atoms with van der Waals surface area (Å²) in [6.07, 6.45) is 0. The predicted molar refractivity (Wildman–Crippen MR) is 65.1 cm³/mol. The Morgan fingerprint density at radius 3 is 2.60 bits per heavy atom. The van der Waals surface area contributed by atoms with Crippen molar-refractivity contribution in [2.75, 3.05) is 5.73 Å². The van der Waals surface area contributed by atoms with Crippen LogP contribution in [-0.4, -0.2) is 0 Å². The molecule has 75 valence electrons. The van der Waals surface area contributed by atoms with Crippen molar-refractivity contribution in [3.8, 4) is 11.1 Å². The van der Waals surface area contributed by atoms with E-state index in [4.69, 9.17) is 28.9 Å². The summed E-state index contributed by atoms with van der Waals surface area (Å²) in [7, 11) is 0. The lowest BCUT2D eigenvalue weighted by atomic mass is 10.0. The van der Waals surface area contributed by atoms with Gasteiger partial charge in [0.1, 0.15) is 0 Å². The predicted octanol–water partition coefficient (Wildman–Crippen LogP) is 4.04. The zero-order chi connectivity index (χ0) is 10.8. The van der Waals surface area contributed by atoms with Crippen LogP contribution in [0.5, 0.6) is 0 Å². The van der Waals surface area contributed by atoms with E-state index in [1.807, 2.05) is 18.2 Å². The average Bonchev–Trinajstić information content (AvgIpc) is 2.22. The third-order valence-electron chi connectivity index (χ3n) is 2.09. The molecule has 0 aliphatic heterocycles. The van der Waals surface area contributed by atoms with Crippen molar-refractivity contribution in [3.05, 3.63) is 52.5 Å². The minimum atomic E-state index is 0.562. The molecular formula is C12H8Cl2N. The summed E-state index contributed by atoms with van der Waals surface area (Å²) in [4.78, 5) is 0. The Kier molecular flexibility index (Phi) is 2.85. The van der Waals surface area contributed by atoms with Gasteiger partial charge in [-0.1, -0.05) is 35.3 Å². The number of nitrogens with two attached hydrogens (primary N) is 1. The highest BCUT2D eigenvalue weighted by Crippen LogP contribution is 2.29. The van der Waals surface area contributed by atoms with Crippen LogP contribution in [-0.2, 0) is 0 Å². The summed E-state index contributed by atoms with van der Waals surface area (Å²) in [6.45, 7) is 0. The molecule has 0 unspecified atom stereocenters. The molecule has 0 saturated heterocycles. The Bertz CT molecular complexity index is 495. The first-order valence-electron chi connectivity index (χ1n) is 4.39. The number of benzene rings is 2. The van der Waals surface area contributed by atoms with Crippen molar-refractivity contribution in [1.29, 1.82) is 0 Å². The van der Waals surface area contributed by atoms with Crippen LogP contribution in [0.4, 0.5) is 5.69 Å². The topological polar surface area (TPSA) is 26.0 Å². The standard InChI is InChI=1S/C12H8Cl2N/c13-9-3-1-2-8(6-9)11-7-10(14)4-5-12(11)15/h1-2,4-7H,15H2. The van der Waals surface area contributed by atoms with Crippen LogP contribution in [0.1, 0.15) is 0 Å². The molecule has 3 heteroatoms. The Balaban J connectivity index is 2.58. The highest BCUT2D eigenvalue weighted by Gasteiger charge is 2.03. The zero-order valence-corrected chi connectivity index (χ0v) is 9.31. The smallest absolute Gasteiger partial charge is 0.0491 e. The van der Waals surface area contributed by atoms with E-state index in [1.165, 1.54) is 0 Å². The van der Waals surface area contributed by atoms with Gasteiger partial charge in [0.15, 0.2) is 0 Å². The van der Waals surface area contributed by atoms with Gasteiger partial charge in [0.05, 0.1) is 0 Å². The summed E-state index contributed by atoms with van der Waals surface area (Å²) in [5.74, 6) is 0. The van der Waals surface area contributed by atoms with Crippen LogP contribution in [0.3, 0.4) is 0 Å². The Hall–Kier alpha value is -1.18. The van der Waals surface area contributed by atoms with Crippen molar-refractivity contribution in [2.24, 2.45) is 0 Å². The van der Waals surface area contributed by atoms with Gasteiger partial charge in [-0.15, -0.1) is 0 Å². The number of anilines is 1. The lowest BCUT2D eigenvalue weighted by molar-refractivity contribution is 1.60. The van der Waals surface area contributed by atoms with Crippen LogP contribution in [0.2, 0.25) is 10.0 Å². The molecule has 1 radical (unpaired) electrons. The molecular weight excluding hydrogens is 229 g/mol. The van der Waals surface area contributed by atoms with Crippen molar-refractivity contribution in [1.82, 2.24) is 0 Å². The first kappa shape index (κ1) is 10.3. The van der Waals surface area contributed by atoms with Gasteiger partial charge in [-0.25, -0.2) is 0 Å². The number of rotatable bonds is 1. The fraction of sp³-hybridized carbons (Fsp3) is 0. The summed E-state index contributed by atoms with van der Waals surface area (Å²) >= 11 is 11.8. The van der Waals surface area contributed by atoms with E-state index in [-0.39, 0.29) is 0 Å². The molecule has 2 N–H and O–H groups in total. The lowest BCUT2D eigenvalue weighted by Crippen LogP contribution is -1.89. The molecule has 0 aromatic heterocycles. The van der Waals surface area contributed by atoms with Gasteiger partial charge in [0.25, 0.3) is 0 Å². The maximum absolute atomic E-state index is 5.91. The van der Waals surface area contributed by atoms with E-state index in [0.717, 1.165) is 11.1 Å². The molecule has 2 rings (SSSR count). The molecule has 0 heterocycles. The highest BCUT2D eigenvalue weighted by atomic mass is 35.5. The molecule has 0 bridgehead atoms. The van der Waals surface area contributed by atoms with Gasteiger partial charge in [-0.05, 0) is 29.8 Å². The van der Waals surface area contributed by atoms with Crippen LogP contribution in [0.25, 0.3) is 11.1 Å². The number of hydrogen-bond donors (Lipinski definition) is 1. The SMILES string of the molecule is Nc1ccc(Cl)cc1-c1cc[c]c(Cl)c1. The molecule has 0 amide bonds. The second kappa shape index (κ2) is 4.13. The Morgan fingerprint density at radius 2 is 1.87 bits per heavy atom. The quantitative estimate of drug-likeness (QED) is 0.744. The van der Waals surface area contributed by atoms with E-state index >= 15 is 0 Å². The molecule has 2 aromatic rings. The molecule has 0 spiro atoms. The third-order valence-corrected chi connectivity index (χ3v) is 2.55. The van der Waals surface area contributed by atoms with E-state index in [2.05, 4.69) is 6.07 Å². The van der Waals surface area contributed by atoms with E-state index in [9.17, 15) is 0 Å². The second-order valence-electron chi connectivity index (χ2n) is 3.16. The second-order valence-corrected chi connectivity index (χ2v) is 4.00. The first-order chi connectivity index (χ1) is 7.16. The molecule has 0 atom stereocenters. The van der Waals surface area contributed by atoms with Crippen LogP contribution in [0, 0.1) is 6.07 Å². The summed E-state index contributed by atoms with van der Waals surface area (Å²) < 4.78 is 0. The maximum atomic E-state index is 5.91. The Labute approximate surface area is 98.4 Å². The molecule has 15 heavy (non-hydrogen) atoms. The normalized spacial score (nSPS) is 10.3. The molecule has 1 nitrogen and oxygen atoms in total. The molecule has 0 saturated carbocycles. The van der Waals surface area contributed by atoms with Gasteiger partial charge < -0.3 is 5.73 Å². The minimum absolute atomic E-state index is 0.562. The molecule has 0 fully saturated rings. The highest BCUT2D eigenvalue weighted by molar-refractivity contribution is 6.31. The van der Waals surface area contributed by atoms with Crippen LogP contribution < -0.4 is 5.73 Å². The molecule has 2 aromatic carbocycles. The van der Waals surface area contributed by atoms with Gasteiger partial charge in [-0.2, -0.15) is 0 Å². The number of halogens is 2. The monoisotopic (exact) mass is 236 g/mol. The van der Waals surface area contributed by atoms with Crippen molar-refractivity contribution in [2.45, 2.75) is 0 Å². The van der Waals surface area contributed by atoms with Gasteiger partial charge in [0, 0.05) is 27.4 Å². The number of hydrogen-bond acceptors (Lipinski definition) is 1. The van der Waals surface area contributed by atoms with E-state index < -0.39 is 0 Å². The molecule has 0 aliphatic carbocycles. The van der Waals surface area contributed by atoms with Gasteiger partial charge >= 0.3 is 0 Å².